The fourth-order valence-corrected chi connectivity index (χ4v) is 4.97. The number of hydrogen-bond donors (Lipinski definition) is 1. The molecule has 0 saturated carbocycles. The molecule has 0 amide bonds. The van der Waals surface area contributed by atoms with E-state index in [1.807, 2.05) is 27.7 Å². The van der Waals surface area contributed by atoms with Crippen LogP contribution in [0.25, 0.3) is 10.2 Å². The fraction of sp³-hybridized carbons (Fsp3) is 0.533. The minimum Gasteiger partial charge on any atom is -0.296 e. The smallest absolute Gasteiger partial charge is 0.296 e. The number of rotatable bonds is 6. The van der Waals surface area contributed by atoms with Crippen LogP contribution in [0, 0.1) is 0 Å². The van der Waals surface area contributed by atoms with Gasteiger partial charge in [0.1, 0.15) is 0 Å². The molecule has 0 aliphatic rings. The van der Waals surface area contributed by atoms with Crippen molar-refractivity contribution < 1.29 is 8.42 Å². The molecule has 2 rings (SSSR count). The predicted octanol–water partition coefficient (Wildman–Crippen LogP) is 3.11. The van der Waals surface area contributed by atoms with Gasteiger partial charge in [0.25, 0.3) is 0 Å². The second-order valence-corrected chi connectivity index (χ2v) is 8.30. The Bertz CT molecular complexity index is 815. The van der Waals surface area contributed by atoms with Crippen molar-refractivity contribution in [1.82, 2.24) is 9.29 Å². The SMILES string of the molecule is CCC(CC)NS(=O)(=O)c1ccc2c(c1)sc(=O)n2C(C)C. The van der Waals surface area contributed by atoms with Crippen molar-refractivity contribution in [3.63, 3.8) is 0 Å². The summed E-state index contributed by atoms with van der Waals surface area (Å²) in [7, 11) is -3.55. The molecule has 0 unspecified atom stereocenters. The van der Waals surface area contributed by atoms with Crippen LogP contribution in [0.4, 0.5) is 0 Å². The first kappa shape index (κ1) is 17.2. The zero-order valence-corrected chi connectivity index (χ0v) is 14.9. The summed E-state index contributed by atoms with van der Waals surface area (Å²) in [5.41, 5.74) is 0.784. The van der Waals surface area contributed by atoms with Crippen LogP contribution >= 0.6 is 11.3 Å². The van der Waals surface area contributed by atoms with E-state index in [1.54, 1.807) is 22.8 Å². The van der Waals surface area contributed by atoms with Gasteiger partial charge in [-0.15, -0.1) is 0 Å². The van der Waals surface area contributed by atoms with Crippen LogP contribution < -0.4 is 9.60 Å². The van der Waals surface area contributed by atoms with E-state index in [0.29, 0.717) is 4.70 Å². The Hall–Kier alpha value is -1.18. The summed E-state index contributed by atoms with van der Waals surface area (Å²) in [6.07, 6.45) is 1.49. The number of nitrogens with one attached hydrogen (secondary N) is 1. The highest BCUT2D eigenvalue weighted by molar-refractivity contribution is 7.89. The van der Waals surface area contributed by atoms with Crippen molar-refractivity contribution in [1.29, 1.82) is 0 Å². The first-order valence-electron chi connectivity index (χ1n) is 7.47. The van der Waals surface area contributed by atoms with Gasteiger partial charge in [-0.1, -0.05) is 25.2 Å². The summed E-state index contributed by atoms with van der Waals surface area (Å²) < 4.78 is 30.0. The molecule has 0 bridgehead atoms. The largest absolute Gasteiger partial charge is 0.308 e. The van der Waals surface area contributed by atoms with Gasteiger partial charge in [-0.05, 0) is 44.9 Å². The van der Waals surface area contributed by atoms with Crippen molar-refractivity contribution in [2.75, 3.05) is 0 Å². The molecule has 0 aliphatic heterocycles. The standard InChI is InChI=1S/C15H22N2O3S2/c1-5-11(6-2)16-22(19,20)12-7-8-13-14(9-12)21-15(18)17(13)10(3)4/h7-11,16H,5-6H2,1-4H3. The summed E-state index contributed by atoms with van der Waals surface area (Å²) in [6, 6.07) is 4.85. The van der Waals surface area contributed by atoms with Crippen molar-refractivity contribution >= 4 is 31.6 Å². The van der Waals surface area contributed by atoms with Crippen LogP contribution in [-0.2, 0) is 10.0 Å². The molecule has 1 N–H and O–H groups in total. The number of benzene rings is 1. The quantitative estimate of drug-likeness (QED) is 0.877. The van der Waals surface area contributed by atoms with Crippen LogP contribution in [-0.4, -0.2) is 19.0 Å². The number of fused-ring (bicyclic) bond motifs is 1. The van der Waals surface area contributed by atoms with Crippen molar-refractivity contribution in [2.24, 2.45) is 0 Å². The minimum absolute atomic E-state index is 0.0476. The Morgan fingerprint density at radius 3 is 2.41 bits per heavy atom. The monoisotopic (exact) mass is 342 g/mol. The van der Waals surface area contributed by atoms with E-state index in [9.17, 15) is 13.2 Å². The molecule has 0 radical (unpaired) electrons. The third-order valence-electron chi connectivity index (χ3n) is 3.72. The Labute approximate surface area is 135 Å². The molecule has 0 atom stereocenters. The van der Waals surface area contributed by atoms with E-state index >= 15 is 0 Å². The molecule has 1 aromatic heterocycles. The maximum Gasteiger partial charge on any atom is 0.308 e. The van der Waals surface area contributed by atoms with Gasteiger partial charge in [-0.25, -0.2) is 13.1 Å². The molecule has 0 spiro atoms. The van der Waals surface area contributed by atoms with Gasteiger partial charge in [0, 0.05) is 12.1 Å². The van der Waals surface area contributed by atoms with E-state index < -0.39 is 10.0 Å². The number of hydrogen-bond acceptors (Lipinski definition) is 4. The van der Waals surface area contributed by atoms with Crippen LogP contribution in [0.15, 0.2) is 27.9 Å². The summed E-state index contributed by atoms with van der Waals surface area (Å²) in [5.74, 6) is 0. The Kier molecular flexibility index (Phi) is 5.09. The van der Waals surface area contributed by atoms with Crippen LogP contribution in [0.1, 0.15) is 46.6 Å². The second-order valence-electron chi connectivity index (χ2n) is 5.60. The Morgan fingerprint density at radius 2 is 1.86 bits per heavy atom. The molecule has 1 heterocycles. The maximum absolute atomic E-state index is 12.4. The number of aromatic nitrogens is 1. The normalized spacial score (nSPS) is 12.6. The van der Waals surface area contributed by atoms with E-state index in [-0.39, 0.29) is 21.9 Å². The molecule has 22 heavy (non-hydrogen) atoms. The van der Waals surface area contributed by atoms with Gasteiger partial charge in [-0.2, -0.15) is 0 Å². The Morgan fingerprint density at radius 1 is 1.23 bits per heavy atom. The summed E-state index contributed by atoms with van der Waals surface area (Å²) >= 11 is 1.08. The van der Waals surface area contributed by atoms with E-state index in [1.165, 1.54) is 0 Å². The van der Waals surface area contributed by atoms with Crippen molar-refractivity contribution in [3.8, 4) is 0 Å². The molecule has 0 fully saturated rings. The topological polar surface area (TPSA) is 68.2 Å². The van der Waals surface area contributed by atoms with Gasteiger partial charge in [0.05, 0.1) is 15.1 Å². The van der Waals surface area contributed by atoms with Crippen LogP contribution in [0.5, 0.6) is 0 Å². The first-order valence-corrected chi connectivity index (χ1v) is 9.77. The van der Waals surface area contributed by atoms with Gasteiger partial charge in [0.15, 0.2) is 0 Å². The van der Waals surface area contributed by atoms with E-state index in [4.69, 9.17) is 0 Å². The molecule has 0 aliphatic carbocycles. The average Bonchev–Trinajstić information content (AvgIpc) is 2.79. The van der Waals surface area contributed by atoms with Gasteiger partial charge >= 0.3 is 4.87 Å². The molecule has 1 aromatic carbocycles. The molecule has 122 valence electrons. The molecule has 2 aromatic rings. The molecular formula is C15H22N2O3S2. The third kappa shape index (κ3) is 3.26. The molecular weight excluding hydrogens is 320 g/mol. The predicted molar refractivity (Wildman–Crippen MR) is 91.2 cm³/mol. The summed E-state index contributed by atoms with van der Waals surface area (Å²) in [5, 5.41) is 0. The number of thiazole rings is 1. The highest BCUT2D eigenvalue weighted by Gasteiger charge is 2.20. The van der Waals surface area contributed by atoms with Crippen molar-refractivity contribution in [2.45, 2.75) is 57.5 Å². The van der Waals surface area contributed by atoms with Gasteiger partial charge in [0.2, 0.25) is 10.0 Å². The Balaban J connectivity index is 2.48. The average molecular weight is 342 g/mol. The zero-order chi connectivity index (χ0) is 16.5. The minimum atomic E-state index is -3.55. The van der Waals surface area contributed by atoms with Crippen LogP contribution in [0.3, 0.4) is 0 Å². The summed E-state index contributed by atoms with van der Waals surface area (Å²) in [6.45, 7) is 7.78. The van der Waals surface area contributed by atoms with Gasteiger partial charge in [-0.3, -0.25) is 9.36 Å². The van der Waals surface area contributed by atoms with Crippen molar-refractivity contribution in [3.05, 3.63) is 27.9 Å². The lowest BCUT2D eigenvalue weighted by Gasteiger charge is -2.15. The molecule has 7 heteroatoms. The fourth-order valence-electron chi connectivity index (χ4n) is 2.42. The molecule has 5 nitrogen and oxygen atoms in total. The lowest BCUT2D eigenvalue weighted by atomic mass is 10.2. The lowest BCUT2D eigenvalue weighted by molar-refractivity contribution is 0.530. The number of nitrogens with zero attached hydrogens (tertiary/aromatic N) is 1. The van der Waals surface area contributed by atoms with E-state index in [2.05, 4.69) is 4.72 Å². The highest BCUT2D eigenvalue weighted by atomic mass is 32.2. The lowest BCUT2D eigenvalue weighted by Crippen LogP contribution is -2.33. The maximum atomic E-state index is 12.4. The van der Waals surface area contributed by atoms with Crippen LogP contribution in [0.2, 0.25) is 0 Å². The third-order valence-corrected chi connectivity index (χ3v) is 6.16. The zero-order valence-electron chi connectivity index (χ0n) is 13.3. The second kappa shape index (κ2) is 6.52. The molecule has 0 saturated heterocycles. The highest BCUT2D eigenvalue weighted by Crippen LogP contribution is 2.24. The summed E-state index contributed by atoms with van der Waals surface area (Å²) in [4.78, 5) is 12.2. The van der Waals surface area contributed by atoms with E-state index in [0.717, 1.165) is 29.7 Å². The van der Waals surface area contributed by atoms with Gasteiger partial charge < -0.3 is 0 Å². The first-order chi connectivity index (χ1) is 10.3. The number of sulfonamides is 1.